The van der Waals surface area contributed by atoms with Gasteiger partial charge in [-0.15, -0.1) is 0 Å². The van der Waals surface area contributed by atoms with Crippen molar-refractivity contribution in [1.82, 2.24) is 10.3 Å². The molecule has 90 valence electrons. The standard InChI is InChI=1S/C13H17N3O/c1-9(17)10-3-2-6-15-13(10)16-8-5-11-12(16)4-7-14-11/h2-3,6,11-12,14H,4-5,7-8H2,1H3/t11-,12+/m1/s1. The first-order valence-electron chi connectivity index (χ1n) is 6.23. The van der Waals surface area contributed by atoms with Crippen LogP contribution in [0.15, 0.2) is 18.3 Å². The van der Waals surface area contributed by atoms with Crippen LogP contribution in [-0.4, -0.2) is 35.9 Å². The molecular formula is C13H17N3O. The zero-order valence-electron chi connectivity index (χ0n) is 10.0. The van der Waals surface area contributed by atoms with Crippen molar-refractivity contribution in [3.63, 3.8) is 0 Å². The van der Waals surface area contributed by atoms with Crippen LogP contribution in [0.3, 0.4) is 0 Å². The van der Waals surface area contributed by atoms with E-state index < -0.39 is 0 Å². The summed E-state index contributed by atoms with van der Waals surface area (Å²) in [5.41, 5.74) is 0.750. The number of carbonyl (C=O) groups excluding carboxylic acids is 1. The number of aromatic nitrogens is 1. The lowest BCUT2D eigenvalue weighted by Gasteiger charge is -2.25. The number of pyridine rings is 1. The molecule has 0 aromatic carbocycles. The van der Waals surface area contributed by atoms with Gasteiger partial charge in [0.05, 0.1) is 5.56 Å². The number of ketones is 1. The zero-order chi connectivity index (χ0) is 11.8. The summed E-state index contributed by atoms with van der Waals surface area (Å²) in [6.07, 6.45) is 4.08. The van der Waals surface area contributed by atoms with Crippen LogP contribution >= 0.6 is 0 Å². The maximum Gasteiger partial charge on any atom is 0.163 e. The van der Waals surface area contributed by atoms with Gasteiger partial charge in [0, 0.05) is 24.8 Å². The molecule has 3 heterocycles. The first-order valence-corrected chi connectivity index (χ1v) is 6.23. The van der Waals surface area contributed by atoms with Crippen LogP contribution in [0.4, 0.5) is 5.82 Å². The molecule has 0 bridgehead atoms. The normalized spacial score (nSPS) is 27.2. The van der Waals surface area contributed by atoms with Gasteiger partial charge in [-0.1, -0.05) is 0 Å². The van der Waals surface area contributed by atoms with E-state index in [0.717, 1.165) is 37.3 Å². The summed E-state index contributed by atoms with van der Waals surface area (Å²) in [5.74, 6) is 0.971. The highest BCUT2D eigenvalue weighted by Crippen LogP contribution is 2.31. The second kappa shape index (κ2) is 4.11. The fourth-order valence-electron chi connectivity index (χ4n) is 3.03. The van der Waals surface area contributed by atoms with E-state index in [0.29, 0.717) is 12.1 Å². The van der Waals surface area contributed by atoms with Crippen LogP contribution in [0.5, 0.6) is 0 Å². The van der Waals surface area contributed by atoms with Crippen LogP contribution < -0.4 is 10.2 Å². The Morgan fingerprint density at radius 2 is 2.41 bits per heavy atom. The molecule has 4 nitrogen and oxygen atoms in total. The van der Waals surface area contributed by atoms with Gasteiger partial charge in [0.1, 0.15) is 5.82 Å². The van der Waals surface area contributed by atoms with Gasteiger partial charge < -0.3 is 10.2 Å². The van der Waals surface area contributed by atoms with Gasteiger partial charge in [0.2, 0.25) is 0 Å². The van der Waals surface area contributed by atoms with Gasteiger partial charge in [-0.05, 0) is 38.4 Å². The molecule has 4 heteroatoms. The minimum Gasteiger partial charge on any atom is -0.351 e. The summed E-state index contributed by atoms with van der Waals surface area (Å²) in [6.45, 7) is 3.69. The quantitative estimate of drug-likeness (QED) is 0.777. The number of hydrogen-bond acceptors (Lipinski definition) is 4. The summed E-state index contributed by atoms with van der Waals surface area (Å²) in [7, 11) is 0. The van der Waals surface area contributed by atoms with Crippen LogP contribution in [0.25, 0.3) is 0 Å². The maximum absolute atomic E-state index is 11.6. The van der Waals surface area contributed by atoms with Crippen LogP contribution in [0.1, 0.15) is 30.1 Å². The topological polar surface area (TPSA) is 45.2 Å². The number of anilines is 1. The molecule has 17 heavy (non-hydrogen) atoms. The summed E-state index contributed by atoms with van der Waals surface area (Å²) >= 11 is 0. The van der Waals surface area contributed by atoms with Gasteiger partial charge in [-0.25, -0.2) is 4.98 Å². The molecule has 0 amide bonds. The van der Waals surface area contributed by atoms with Gasteiger partial charge in [-0.3, -0.25) is 4.79 Å². The SMILES string of the molecule is CC(=O)c1cccnc1N1CC[C@H]2NCC[C@@H]21. The van der Waals surface area contributed by atoms with Crippen molar-refractivity contribution in [3.8, 4) is 0 Å². The largest absolute Gasteiger partial charge is 0.351 e. The number of carbonyl (C=O) groups is 1. The third-order valence-corrected chi connectivity index (χ3v) is 3.83. The smallest absolute Gasteiger partial charge is 0.163 e. The average Bonchev–Trinajstić information content (AvgIpc) is 2.90. The highest BCUT2D eigenvalue weighted by Gasteiger charge is 2.38. The van der Waals surface area contributed by atoms with Gasteiger partial charge >= 0.3 is 0 Å². The van der Waals surface area contributed by atoms with E-state index in [-0.39, 0.29) is 5.78 Å². The number of nitrogens with one attached hydrogen (secondary N) is 1. The van der Waals surface area contributed by atoms with Crippen LogP contribution in [-0.2, 0) is 0 Å². The molecule has 2 aliphatic rings. The monoisotopic (exact) mass is 231 g/mol. The minimum absolute atomic E-state index is 0.0995. The highest BCUT2D eigenvalue weighted by atomic mass is 16.1. The molecule has 0 spiro atoms. The fourth-order valence-corrected chi connectivity index (χ4v) is 3.03. The van der Waals surface area contributed by atoms with Crippen LogP contribution in [0.2, 0.25) is 0 Å². The average molecular weight is 231 g/mol. The lowest BCUT2D eigenvalue weighted by Crippen LogP contribution is -2.35. The Balaban J connectivity index is 1.96. The van der Waals surface area contributed by atoms with Crippen molar-refractivity contribution in [1.29, 1.82) is 0 Å². The Morgan fingerprint density at radius 1 is 1.53 bits per heavy atom. The lowest BCUT2D eigenvalue weighted by atomic mass is 10.1. The Labute approximate surface area is 101 Å². The van der Waals surface area contributed by atoms with Gasteiger partial charge in [0.25, 0.3) is 0 Å². The molecule has 0 saturated carbocycles. The predicted molar refractivity (Wildman–Crippen MR) is 66.4 cm³/mol. The van der Waals surface area contributed by atoms with Crippen molar-refractivity contribution in [3.05, 3.63) is 23.9 Å². The Morgan fingerprint density at radius 3 is 3.24 bits per heavy atom. The third-order valence-electron chi connectivity index (χ3n) is 3.83. The third kappa shape index (κ3) is 1.72. The number of Topliss-reactive ketones (excluding diaryl/α,β-unsaturated/α-hetero) is 1. The van der Waals surface area contributed by atoms with E-state index in [9.17, 15) is 4.79 Å². The molecular weight excluding hydrogens is 214 g/mol. The minimum atomic E-state index is 0.0995. The summed E-state index contributed by atoms with van der Waals surface area (Å²) in [5, 5.41) is 3.51. The summed E-state index contributed by atoms with van der Waals surface area (Å²) in [4.78, 5) is 18.4. The van der Waals surface area contributed by atoms with E-state index in [1.165, 1.54) is 0 Å². The zero-order valence-corrected chi connectivity index (χ0v) is 10.0. The molecule has 0 aliphatic carbocycles. The number of fused-ring (bicyclic) bond motifs is 1. The molecule has 1 N–H and O–H groups in total. The molecule has 0 unspecified atom stereocenters. The van der Waals surface area contributed by atoms with Crippen molar-refractivity contribution in [2.75, 3.05) is 18.0 Å². The van der Waals surface area contributed by atoms with Crippen molar-refractivity contribution < 1.29 is 4.79 Å². The predicted octanol–water partition coefficient (Wildman–Crippen LogP) is 1.22. The van der Waals surface area contributed by atoms with E-state index in [4.69, 9.17) is 0 Å². The van der Waals surface area contributed by atoms with E-state index in [1.807, 2.05) is 12.1 Å². The molecule has 2 fully saturated rings. The van der Waals surface area contributed by atoms with E-state index >= 15 is 0 Å². The fraction of sp³-hybridized carbons (Fsp3) is 0.538. The van der Waals surface area contributed by atoms with Crippen LogP contribution in [0, 0.1) is 0 Å². The van der Waals surface area contributed by atoms with Crippen molar-refractivity contribution in [2.45, 2.75) is 31.8 Å². The molecule has 2 atom stereocenters. The second-order valence-electron chi connectivity index (χ2n) is 4.83. The second-order valence-corrected chi connectivity index (χ2v) is 4.83. The molecule has 2 aliphatic heterocycles. The summed E-state index contributed by atoms with van der Waals surface area (Å²) < 4.78 is 0. The number of nitrogens with zero attached hydrogens (tertiary/aromatic N) is 2. The molecule has 0 radical (unpaired) electrons. The first-order chi connectivity index (χ1) is 8.27. The molecule has 1 aromatic heterocycles. The Kier molecular flexibility index (Phi) is 2.59. The van der Waals surface area contributed by atoms with Gasteiger partial charge in [0.15, 0.2) is 5.78 Å². The Bertz CT molecular complexity index is 446. The van der Waals surface area contributed by atoms with Crippen molar-refractivity contribution in [2.24, 2.45) is 0 Å². The van der Waals surface area contributed by atoms with Gasteiger partial charge in [-0.2, -0.15) is 0 Å². The number of rotatable bonds is 2. The van der Waals surface area contributed by atoms with Crippen molar-refractivity contribution >= 4 is 11.6 Å². The summed E-state index contributed by atoms with van der Waals surface area (Å²) in [6, 6.07) is 4.81. The molecule has 2 saturated heterocycles. The highest BCUT2D eigenvalue weighted by molar-refractivity contribution is 5.98. The van der Waals surface area contributed by atoms with E-state index in [1.54, 1.807) is 13.1 Å². The lowest BCUT2D eigenvalue weighted by molar-refractivity contribution is 0.101. The Hall–Kier alpha value is -1.42. The first kappa shape index (κ1) is 10.7. The number of hydrogen-bond donors (Lipinski definition) is 1. The molecule has 3 rings (SSSR count). The molecule has 1 aromatic rings. The van der Waals surface area contributed by atoms with E-state index in [2.05, 4.69) is 15.2 Å². The maximum atomic E-state index is 11.6.